The lowest BCUT2D eigenvalue weighted by Crippen LogP contribution is -2.75. The minimum atomic E-state index is -9.16. The molecule has 0 radical (unpaired) electrons. The average Bonchev–Trinajstić information content (AvgIpc) is 2.49. The smallest absolute Gasteiger partial charge is 0.208 e. The van der Waals surface area contributed by atoms with E-state index in [1.165, 1.54) is 4.18 Å². The van der Waals surface area contributed by atoms with E-state index in [0.717, 1.165) is 0 Å². The van der Waals surface area contributed by atoms with Gasteiger partial charge in [-0.3, -0.25) is 0 Å². The Kier molecular flexibility index (Phi) is 7.16. The Morgan fingerprint density at radius 3 is 0.909 bits per heavy atom. The van der Waals surface area contributed by atoms with Crippen LogP contribution in [0.5, 0.6) is 0 Å². The third-order valence-corrected chi connectivity index (χ3v) is 4.23. The van der Waals surface area contributed by atoms with Crippen LogP contribution in [0.2, 0.25) is 0 Å². The molecule has 0 saturated carbocycles. The van der Waals surface area contributed by atoms with Crippen molar-refractivity contribution in [1.82, 2.24) is 0 Å². The summed E-state index contributed by atoms with van der Waals surface area (Å²) < 4.78 is 275. The molecule has 0 amide bonds. The van der Waals surface area contributed by atoms with Gasteiger partial charge in [0.1, 0.15) is 0 Å². The van der Waals surface area contributed by atoms with Gasteiger partial charge in [-0.15, -0.1) is 0 Å². The molecule has 0 aliphatic carbocycles. The maximum Gasteiger partial charge on any atom is 0.523 e. The van der Waals surface area contributed by atoms with Gasteiger partial charge < -0.3 is 0 Å². The normalized spacial score (nSPS) is 18.3. The second-order valence-electron chi connectivity index (χ2n) is 5.45. The summed E-state index contributed by atoms with van der Waals surface area (Å²) >= 11 is 0. The number of halogens is 20. The SMILES string of the molecule is O=S(=O)(OC(F)(C(F)(F)F)C(F)(F)C(F)(F)C(F)(F)C(F)(F)C(F)(F)C(F)(F)F)C(F)(F)F. The molecule has 0 rings (SSSR count). The number of rotatable bonds is 7. The fourth-order valence-corrected chi connectivity index (χ4v) is 2.04. The average molecular weight is 568 g/mol. The van der Waals surface area contributed by atoms with Crippen LogP contribution in [-0.4, -0.2) is 61.7 Å². The van der Waals surface area contributed by atoms with Crippen molar-refractivity contribution in [2.75, 3.05) is 0 Å². The van der Waals surface area contributed by atoms with Gasteiger partial charge in [0.15, 0.2) is 0 Å². The second-order valence-corrected chi connectivity index (χ2v) is 6.98. The van der Waals surface area contributed by atoms with Crippen molar-refractivity contribution in [3.8, 4) is 0 Å². The lowest BCUT2D eigenvalue weighted by Gasteiger charge is -2.43. The molecular formula is C9F20O3S. The summed E-state index contributed by atoms with van der Waals surface area (Å²) in [6, 6.07) is 0. The Hall–Kier alpha value is -1.49. The van der Waals surface area contributed by atoms with Crippen molar-refractivity contribution in [1.29, 1.82) is 0 Å². The molecule has 0 heterocycles. The van der Waals surface area contributed by atoms with Gasteiger partial charge >= 0.3 is 63.4 Å². The first-order chi connectivity index (χ1) is 13.7. The number of alkyl halides is 20. The van der Waals surface area contributed by atoms with Crippen molar-refractivity contribution >= 4 is 10.1 Å². The highest BCUT2D eigenvalue weighted by molar-refractivity contribution is 7.87. The van der Waals surface area contributed by atoms with Gasteiger partial charge in [0.2, 0.25) is 0 Å². The van der Waals surface area contributed by atoms with E-state index >= 15 is 0 Å². The molecule has 1 atom stereocenters. The zero-order valence-corrected chi connectivity index (χ0v) is 14.5. The van der Waals surface area contributed by atoms with Gasteiger partial charge in [0, 0.05) is 0 Å². The van der Waals surface area contributed by atoms with Gasteiger partial charge in [0.05, 0.1) is 0 Å². The van der Waals surface area contributed by atoms with E-state index in [9.17, 15) is 96.2 Å². The van der Waals surface area contributed by atoms with Crippen molar-refractivity contribution in [3.63, 3.8) is 0 Å². The standard InChI is InChI=1S/C9F20O3S/c10-1(11,3(14,15)5(18,19)7(21,22)23)2(12,13)4(16,17)6(20,8(24,25)26)32-33(30,31)9(27,28)29. The molecule has 0 spiro atoms. The molecule has 0 fully saturated rings. The van der Waals surface area contributed by atoms with Crippen LogP contribution in [0, 0.1) is 0 Å². The molecule has 0 aromatic heterocycles. The lowest BCUT2D eigenvalue weighted by molar-refractivity contribution is -0.473. The summed E-state index contributed by atoms with van der Waals surface area (Å²) in [5.74, 6) is -53.2. The van der Waals surface area contributed by atoms with Crippen LogP contribution >= 0.6 is 0 Å². The molecule has 1 unspecified atom stereocenters. The summed E-state index contributed by atoms with van der Waals surface area (Å²) in [5, 5.41) is 0. The summed E-state index contributed by atoms with van der Waals surface area (Å²) in [5.41, 5.74) is -7.42. The van der Waals surface area contributed by atoms with Crippen molar-refractivity contribution in [2.45, 2.75) is 53.3 Å². The van der Waals surface area contributed by atoms with E-state index in [1.807, 2.05) is 0 Å². The second kappa shape index (κ2) is 7.50. The van der Waals surface area contributed by atoms with E-state index in [-0.39, 0.29) is 0 Å². The summed E-state index contributed by atoms with van der Waals surface area (Å²) in [4.78, 5) is 0. The number of hydrogen-bond donors (Lipinski definition) is 0. The van der Waals surface area contributed by atoms with E-state index in [2.05, 4.69) is 0 Å². The van der Waals surface area contributed by atoms with Crippen LogP contribution < -0.4 is 0 Å². The predicted octanol–water partition coefficient (Wildman–Crippen LogP) is 5.82. The monoisotopic (exact) mass is 568 g/mol. The summed E-state index contributed by atoms with van der Waals surface area (Å²) in [7, 11) is -8.48. The Labute approximate surface area is 165 Å². The molecule has 0 saturated heterocycles. The van der Waals surface area contributed by atoms with Gasteiger partial charge in [0.25, 0.3) is 0 Å². The fraction of sp³-hybridized carbons (Fsp3) is 1.00. The van der Waals surface area contributed by atoms with E-state index < -0.39 is 63.4 Å². The molecule has 0 aromatic carbocycles. The van der Waals surface area contributed by atoms with Crippen molar-refractivity contribution in [2.24, 2.45) is 0 Å². The fourth-order valence-electron chi connectivity index (χ4n) is 1.45. The lowest BCUT2D eigenvalue weighted by atomic mass is 9.90. The maximum absolute atomic E-state index is 13.6. The minimum Gasteiger partial charge on any atom is -0.208 e. The Bertz CT molecular complexity index is 830. The third kappa shape index (κ3) is 4.24. The highest BCUT2D eigenvalue weighted by Gasteiger charge is 2.96. The van der Waals surface area contributed by atoms with Gasteiger partial charge in [-0.05, 0) is 0 Å². The van der Waals surface area contributed by atoms with Crippen molar-refractivity contribution < 1.29 is 100 Å². The van der Waals surface area contributed by atoms with Gasteiger partial charge in [-0.1, -0.05) is 0 Å². The number of hydrogen-bond acceptors (Lipinski definition) is 3. The van der Waals surface area contributed by atoms with Crippen LogP contribution in [0.3, 0.4) is 0 Å². The topological polar surface area (TPSA) is 43.4 Å². The zero-order valence-electron chi connectivity index (χ0n) is 13.7. The molecule has 24 heteroatoms. The molecule has 200 valence electrons. The highest BCUT2D eigenvalue weighted by atomic mass is 32.2. The largest absolute Gasteiger partial charge is 0.523 e. The maximum atomic E-state index is 13.6. The molecule has 0 bridgehead atoms. The molecule has 3 nitrogen and oxygen atoms in total. The first-order valence-electron chi connectivity index (χ1n) is 6.44. The van der Waals surface area contributed by atoms with Crippen LogP contribution in [0.15, 0.2) is 0 Å². The van der Waals surface area contributed by atoms with Gasteiger partial charge in [-0.25, -0.2) is 4.18 Å². The van der Waals surface area contributed by atoms with Gasteiger partial charge in [-0.2, -0.15) is 96.2 Å². The van der Waals surface area contributed by atoms with Crippen LogP contribution in [0.4, 0.5) is 87.8 Å². The Balaban J connectivity index is 7.19. The third-order valence-electron chi connectivity index (χ3n) is 3.21. The van der Waals surface area contributed by atoms with Crippen LogP contribution in [-0.2, 0) is 14.3 Å². The summed E-state index contributed by atoms with van der Waals surface area (Å²) in [6.45, 7) is 0. The highest BCUT2D eigenvalue weighted by Crippen LogP contribution is 2.64. The quantitative estimate of drug-likeness (QED) is 0.221. The first-order valence-corrected chi connectivity index (χ1v) is 7.85. The molecule has 0 N–H and O–H groups in total. The van der Waals surface area contributed by atoms with Crippen LogP contribution in [0.25, 0.3) is 0 Å². The molecule has 0 aromatic rings. The van der Waals surface area contributed by atoms with Crippen molar-refractivity contribution in [3.05, 3.63) is 0 Å². The predicted molar refractivity (Wildman–Crippen MR) is 56.7 cm³/mol. The first kappa shape index (κ1) is 31.5. The molecular weight excluding hydrogens is 568 g/mol. The van der Waals surface area contributed by atoms with E-state index in [1.54, 1.807) is 0 Å². The Morgan fingerprint density at radius 2 is 0.667 bits per heavy atom. The molecule has 33 heavy (non-hydrogen) atoms. The van der Waals surface area contributed by atoms with E-state index in [4.69, 9.17) is 0 Å². The van der Waals surface area contributed by atoms with Crippen LogP contribution in [0.1, 0.15) is 0 Å². The Morgan fingerprint density at radius 1 is 0.394 bits per heavy atom. The zero-order chi connectivity index (χ0) is 27.7. The minimum absolute atomic E-state index is 1.20. The molecule has 0 aliphatic heterocycles. The molecule has 0 aliphatic rings. The summed E-state index contributed by atoms with van der Waals surface area (Å²) in [6.07, 6.45) is -16.3. The van der Waals surface area contributed by atoms with E-state index in [0.29, 0.717) is 0 Å².